The lowest BCUT2D eigenvalue weighted by atomic mass is 10.1. The van der Waals surface area contributed by atoms with Crippen molar-refractivity contribution in [2.45, 2.75) is 0 Å². The van der Waals surface area contributed by atoms with Crippen molar-refractivity contribution < 1.29 is 19.1 Å². The number of benzene rings is 2. The van der Waals surface area contributed by atoms with Crippen LogP contribution in [0.2, 0.25) is 0 Å². The van der Waals surface area contributed by atoms with Crippen LogP contribution in [-0.2, 0) is 9.53 Å². The molecule has 0 aliphatic carbocycles. The van der Waals surface area contributed by atoms with E-state index in [1.54, 1.807) is 36.4 Å². The number of hydrogen-bond acceptors (Lipinski definition) is 6. The molecule has 4 N–H and O–H groups in total. The van der Waals surface area contributed by atoms with E-state index >= 15 is 0 Å². The number of para-hydroxylation sites is 1. The molecule has 1 heterocycles. The highest BCUT2D eigenvalue weighted by Gasteiger charge is 2.17. The second-order valence-electron chi connectivity index (χ2n) is 5.48. The molecule has 9 heteroatoms. The van der Waals surface area contributed by atoms with Gasteiger partial charge >= 0.3 is 5.97 Å². The SMILES string of the molecule is NC(=O)c1ccccc1NC(=O)COC(=O)c1n[nH]c(=O)c2ccccc12. The lowest BCUT2D eigenvalue weighted by Gasteiger charge is -2.09. The highest BCUT2D eigenvalue weighted by molar-refractivity contribution is 6.05. The van der Waals surface area contributed by atoms with E-state index in [9.17, 15) is 19.2 Å². The van der Waals surface area contributed by atoms with Gasteiger partial charge in [0.05, 0.1) is 16.6 Å². The normalized spacial score (nSPS) is 10.4. The Morgan fingerprint density at radius 1 is 1.04 bits per heavy atom. The highest BCUT2D eigenvalue weighted by Crippen LogP contribution is 2.15. The number of esters is 1. The number of carbonyl (C=O) groups excluding carboxylic acids is 3. The summed E-state index contributed by atoms with van der Waals surface area (Å²) in [5.74, 6) is -2.24. The van der Waals surface area contributed by atoms with Crippen molar-refractivity contribution >= 4 is 34.2 Å². The van der Waals surface area contributed by atoms with Gasteiger partial charge in [0.25, 0.3) is 17.4 Å². The fourth-order valence-electron chi connectivity index (χ4n) is 2.46. The summed E-state index contributed by atoms with van der Waals surface area (Å²) >= 11 is 0. The number of nitrogens with two attached hydrogens (primary N) is 1. The summed E-state index contributed by atoms with van der Waals surface area (Å²) in [6.45, 7) is -0.610. The van der Waals surface area contributed by atoms with Gasteiger partial charge in [-0.15, -0.1) is 0 Å². The van der Waals surface area contributed by atoms with Gasteiger partial charge in [0.2, 0.25) is 0 Å². The third-order valence-corrected chi connectivity index (χ3v) is 3.69. The maximum Gasteiger partial charge on any atom is 0.359 e. The Kier molecular flexibility index (Phi) is 4.93. The van der Waals surface area contributed by atoms with Crippen LogP contribution in [0, 0.1) is 0 Å². The summed E-state index contributed by atoms with van der Waals surface area (Å²) in [7, 11) is 0. The molecule has 3 aromatic rings. The predicted molar refractivity (Wildman–Crippen MR) is 96.2 cm³/mol. The monoisotopic (exact) mass is 366 g/mol. The van der Waals surface area contributed by atoms with Gasteiger partial charge in [-0.3, -0.25) is 14.4 Å². The second kappa shape index (κ2) is 7.48. The van der Waals surface area contributed by atoms with Crippen LogP contribution < -0.4 is 16.6 Å². The molecule has 0 aliphatic heterocycles. The molecule has 0 unspecified atom stereocenters. The first-order valence-electron chi connectivity index (χ1n) is 7.80. The van der Waals surface area contributed by atoms with Crippen LogP contribution in [0.3, 0.4) is 0 Å². The van der Waals surface area contributed by atoms with Gasteiger partial charge in [-0.1, -0.05) is 30.3 Å². The smallest absolute Gasteiger partial charge is 0.359 e. The minimum atomic E-state index is -0.874. The van der Waals surface area contributed by atoms with Crippen molar-refractivity contribution in [2.24, 2.45) is 5.73 Å². The first-order chi connectivity index (χ1) is 13.0. The van der Waals surface area contributed by atoms with Crippen LogP contribution in [0.25, 0.3) is 10.8 Å². The van der Waals surface area contributed by atoms with Gasteiger partial charge in [0.1, 0.15) is 0 Å². The number of amides is 2. The van der Waals surface area contributed by atoms with Crippen molar-refractivity contribution in [1.82, 2.24) is 10.2 Å². The average molecular weight is 366 g/mol. The standard InChI is InChI=1S/C18H14N4O5/c19-16(24)12-7-3-4-8-13(12)20-14(23)9-27-18(26)15-10-5-1-2-6-11(10)17(25)22-21-15/h1-8H,9H2,(H2,19,24)(H,20,23)(H,22,25). The molecule has 0 fully saturated rings. The van der Waals surface area contributed by atoms with E-state index in [-0.39, 0.29) is 22.3 Å². The van der Waals surface area contributed by atoms with Crippen LogP contribution in [-0.4, -0.2) is 34.6 Å². The Morgan fingerprint density at radius 2 is 1.70 bits per heavy atom. The van der Waals surface area contributed by atoms with Crippen molar-refractivity contribution in [2.75, 3.05) is 11.9 Å². The quantitative estimate of drug-likeness (QED) is 0.570. The molecule has 0 radical (unpaired) electrons. The van der Waals surface area contributed by atoms with Crippen LogP contribution >= 0.6 is 0 Å². The van der Waals surface area contributed by atoms with Gasteiger partial charge in [-0.25, -0.2) is 9.89 Å². The molecule has 9 nitrogen and oxygen atoms in total. The molecule has 2 amide bonds. The average Bonchev–Trinajstić information content (AvgIpc) is 2.67. The number of rotatable bonds is 5. The summed E-state index contributed by atoms with van der Waals surface area (Å²) in [5, 5.41) is 8.95. The minimum Gasteiger partial charge on any atom is -0.451 e. The van der Waals surface area contributed by atoms with Crippen LogP contribution in [0.15, 0.2) is 53.3 Å². The number of ether oxygens (including phenoxy) is 1. The Labute approximate surface area is 152 Å². The fourth-order valence-corrected chi connectivity index (χ4v) is 2.46. The van der Waals surface area contributed by atoms with E-state index in [2.05, 4.69) is 15.5 Å². The number of anilines is 1. The number of nitrogens with zero attached hydrogens (tertiary/aromatic N) is 1. The first-order valence-corrected chi connectivity index (χ1v) is 7.80. The second-order valence-corrected chi connectivity index (χ2v) is 5.48. The zero-order chi connectivity index (χ0) is 19.4. The number of aromatic nitrogens is 2. The fraction of sp³-hybridized carbons (Fsp3) is 0.0556. The summed E-state index contributed by atoms with van der Waals surface area (Å²) in [4.78, 5) is 47.4. The number of H-pyrrole nitrogens is 1. The first kappa shape index (κ1) is 17.8. The van der Waals surface area contributed by atoms with Crippen molar-refractivity contribution in [1.29, 1.82) is 0 Å². The van der Waals surface area contributed by atoms with E-state index in [1.165, 1.54) is 12.1 Å². The summed E-state index contributed by atoms with van der Waals surface area (Å²) in [5.41, 5.74) is 5.02. The zero-order valence-electron chi connectivity index (χ0n) is 13.9. The lowest BCUT2D eigenvalue weighted by molar-refractivity contribution is -0.119. The Morgan fingerprint density at radius 3 is 2.44 bits per heavy atom. The number of fused-ring (bicyclic) bond motifs is 1. The van der Waals surface area contributed by atoms with Gasteiger partial charge in [0.15, 0.2) is 12.3 Å². The van der Waals surface area contributed by atoms with Gasteiger partial charge in [-0.2, -0.15) is 5.10 Å². The van der Waals surface area contributed by atoms with Crippen LogP contribution in [0.1, 0.15) is 20.8 Å². The third-order valence-electron chi connectivity index (χ3n) is 3.69. The van der Waals surface area contributed by atoms with Crippen LogP contribution in [0.5, 0.6) is 0 Å². The molecule has 27 heavy (non-hydrogen) atoms. The third kappa shape index (κ3) is 3.82. The molecule has 1 aromatic heterocycles. The maximum absolute atomic E-state index is 12.2. The number of carbonyl (C=O) groups is 3. The Balaban J connectivity index is 1.72. The molecule has 0 saturated carbocycles. The number of hydrogen-bond donors (Lipinski definition) is 3. The molecular formula is C18H14N4O5. The number of aromatic amines is 1. The van der Waals surface area contributed by atoms with Gasteiger partial charge in [-0.05, 0) is 18.2 Å². The van der Waals surface area contributed by atoms with E-state index in [0.717, 1.165) is 0 Å². The Bertz CT molecular complexity index is 1110. The molecular weight excluding hydrogens is 352 g/mol. The highest BCUT2D eigenvalue weighted by atomic mass is 16.5. The molecule has 3 rings (SSSR count). The summed E-state index contributed by atoms with van der Waals surface area (Å²) in [6, 6.07) is 12.6. The molecule has 2 aromatic carbocycles. The topological polar surface area (TPSA) is 144 Å². The van der Waals surface area contributed by atoms with E-state index in [1.807, 2.05) is 0 Å². The van der Waals surface area contributed by atoms with E-state index in [4.69, 9.17) is 10.5 Å². The summed E-state index contributed by atoms with van der Waals surface area (Å²) in [6.07, 6.45) is 0. The van der Waals surface area contributed by atoms with Gasteiger partial charge < -0.3 is 15.8 Å². The molecule has 0 aliphatic rings. The molecule has 0 saturated heterocycles. The molecule has 0 bridgehead atoms. The van der Waals surface area contributed by atoms with E-state index in [0.29, 0.717) is 5.39 Å². The zero-order valence-corrected chi connectivity index (χ0v) is 13.9. The van der Waals surface area contributed by atoms with Crippen LogP contribution in [0.4, 0.5) is 5.69 Å². The molecule has 0 atom stereocenters. The largest absolute Gasteiger partial charge is 0.451 e. The maximum atomic E-state index is 12.2. The number of nitrogens with one attached hydrogen (secondary N) is 2. The predicted octanol–water partition coefficient (Wildman–Crippen LogP) is 0.817. The van der Waals surface area contributed by atoms with Crippen molar-refractivity contribution in [3.63, 3.8) is 0 Å². The lowest BCUT2D eigenvalue weighted by Crippen LogP contribution is -2.24. The van der Waals surface area contributed by atoms with Crippen molar-refractivity contribution in [3.05, 3.63) is 70.1 Å². The Hall–Kier alpha value is -4.01. The van der Waals surface area contributed by atoms with E-state index < -0.39 is 29.9 Å². The molecule has 136 valence electrons. The van der Waals surface area contributed by atoms with Gasteiger partial charge in [0, 0.05) is 5.39 Å². The summed E-state index contributed by atoms with van der Waals surface area (Å²) < 4.78 is 4.96. The minimum absolute atomic E-state index is 0.115. The molecule has 0 spiro atoms. The van der Waals surface area contributed by atoms with Crippen molar-refractivity contribution in [3.8, 4) is 0 Å². The number of primary amides is 1.